The molecule has 0 radical (unpaired) electrons. The van der Waals surface area contributed by atoms with E-state index in [1.54, 1.807) is 0 Å². The minimum atomic E-state index is -4.37. The van der Waals surface area contributed by atoms with E-state index in [0.29, 0.717) is 0 Å². The lowest BCUT2D eigenvalue weighted by Crippen LogP contribution is -2.33. The summed E-state index contributed by atoms with van der Waals surface area (Å²) in [7, 11) is 0. The Bertz CT molecular complexity index is 258. The molecule has 0 aromatic rings. The maximum atomic E-state index is 12.5. The van der Waals surface area contributed by atoms with Crippen LogP contribution in [0.15, 0.2) is 0 Å². The number of aliphatic hydroxyl groups is 1. The van der Waals surface area contributed by atoms with E-state index < -0.39 is 24.6 Å². The number of carbonyl (C=O) groups excluding carboxylic acids is 1. The maximum Gasteiger partial charge on any atom is 0.393 e. The summed E-state index contributed by atoms with van der Waals surface area (Å²) in [6, 6.07) is 0. The van der Waals surface area contributed by atoms with Crippen molar-refractivity contribution in [3.63, 3.8) is 0 Å². The van der Waals surface area contributed by atoms with Gasteiger partial charge in [-0.05, 0) is 0 Å². The fourth-order valence-corrected chi connectivity index (χ4v) is 1.91. The standard InChI is InChI=1S/C9H15F3N2O2/c10-9(11,12)7-4-14(3-6(7)5-15)8(16)1-2-13/h6-7,15H,1-5,13H2/t6-,7-/m1/s1. The first kappa shape index (κ1) is 13.2. The van der Waals surface area contributed by atoms with Crippen molar-refractivity contribution in [2.75, 3.05) is 26.2 Å². The Kier molecular flexibility index (Phi) is 4.15. The van der Waals surface area contributed by atoms with Gasteiger partial charge in [0.25, 0.3) is 0 Å². The van der Waals surface area contributed by atoms with E-state index in [1.165, 1.54) is 0 Å². The highest BCUT2D eigenvalue weighted by Gasteiger charge is 2.50. The van der Waals surface area contributed by atoms with E-state index in [4.69, 9.17) is 10.8 Å². The van der Waals surface area contributed by atoms with Crippen molar-refractivity contribution in [3.8, 4) is 0 Å². The SMILES string of the molecule is NCCC(=O)N1C[C@H](CO)[C@H](C(F)(F)F)C1. The van der Waals surface area contributed by atoms with Gasteiger partial charge in [-0.3, -0.25) is 4.79 Å². The Labute approximate surface area is 91.2 Å². The number of carbonyl (C=O) groups is 1. The number of likely N-dealkylation sites (tertiary alicyclic amines) is 1. The van der Waals surface area contributed by atoms with Crippen molar-refractivity contribution in [2.24, 2.45) is 17.6 Å². The fraction of sp³-hybridized carbons (Fsp3) is 0.889. The Morgan fingerprint density at radius 1 is 1.44 bits per heavy atom. The van der Waals surface area contributed by atoms with Gasteiger partial charge >= 0.3 is 6.18 Å². The molecule has 16 heavy (non-hydrogen) atoms. The number of halogens is 3. The second kappa shape index (κ2) is 5.01. The molecule has 4 nitrogen and oxygen atoms in total. The number of nitrogens with zero attached hydrogens (tertiary/aromatic N) is 1. The van der Waals surface area contributed by atoms with E-state index in [0.717, 1.165) is 4.90 Å². The lowest BCUT2D eigenvalue weighted by molar-refractivity contribution is -0.183. The van der Waals surface area contributed by atoms with Gasteiger partial charge in [-0.25, -0.2) is 0 Å². The van der Waals surface area contributed by atoms with Crippen LogP contribution in [0.3, 0.4) is 0 Å². The van der Waals surface area contributed by atoms with Gasteiger partial charge < -0.3 is 15.7 Å². The first-order valence-corrected chi connectivity index (χ1v) is 5.05. The van der Waals surface area contributed by atoms with Gasteiger partial charge in [0.15, 0.2) is 0 Å². The minimum Gasteiger partial charge on any atom is -0.396 e. The average molecular weight is 240 g/mol. The van der Waals surface area contributed by atoms with Gasteiger partial charge in [0, 0.05) is 38.6 Å². The van der Waals surface area contributed by atoms with Gasteiger partial charge in [0.1, 0.15) is 0 Å². The van der Waals surface area contributed by atoms with Gasteiger partial charge in [-0.1, -0.05) is 0 Å². The van der Waals surface area contributed by atoms with E-state index in [-0.39, 0.29) is 32.0 Å². The van der Waals surface area contributed by atoms with Crippen LogP contribution in [0.25, 0.3) is 0 Å². The van der Waals surface area contributed by atoms with Crippen molar-refractivity contribution in [2.45, 2.75) is 12.6 Å². The minimum absolute atomic E-state index is 0.0422. The Balaban J connectivity index is 2.67. The zero-order chi connectivity index (χ0) is 12.3. The molecule has 1 saturated heterocycles. The van der Waals surface area contributed by atoms with Crippen molar-refractivity contribution in [3.05, 3.63) is 0 Å². The first-order valence-electron chi connectivity index (χ1n) is 5.05. The lowest BCUT2D eigenvalue weighted by Gasteiger charge is -2.19. The van der Waals surface area contributed by atoms with Gasteiger partial charge in [-0.15, -0.1) is 0 Å². The number of hydrogen-bond acceptors (Lipinski definition) is 3. The molecule has 1 heterocycles. The molecular formula is C9H15F3N2O2. The summed E-state index contributed by atoms with van der Waals surface area (Å²) >= 11 is 0. The third kappa shape index (κ3) is 2.85. The Hall–Kier alpha value is -0.820. The van der Waals surface area contributed by atoms with Crippen LogP contribution in [-0.4, -0.2) is 48.3 Å². The van der Waals surface area contributed by atoms with Gasteiger partial charge in [0.2, 0.25) is 5.91 Å². The van der Waals surface area contributed by atoms with Crippen LogP contribution in [0.4, 0.5) is 13.2 Å². The third-order valence-corrected chi connectivity index (χ3v) is 2.81. The smallest absolute Gasteiger partial charge is 0.393 e. The molecule has 7 heteroatoms. The molecule has 1 rings (SSSR count). The van der Waals surface area contributed by atoms with Crippen molar-refractivity contribution in [1.82, 2.24) is 4.90 Å². The molecule has 0 aromatic heterocycles. The van der Waals surface area contributed by atoms with Gasteiger partial charge in [-0.2, -0.15) is 13.2 Å². The topological polar surface area (TPSA) is 66.6 Å². The molecule has 0 aromatic carbocycles. The molecule has 1 aliphatic heterocycles. The highest BCUT2D eigenvalue weighted by atomic mass is 19.4. The summed E-state index contributed by atoms with van der Waals surface area (Å²) in [5.74, 6) is -2.92. The molecule has 0 saturated carbocycles. The highest BCUT2D eigenvalue weighted by Crippen LogP contribution is 2.37. The maximum absolute atomic E-state index is 12.5. The molecule has 2 atom stereocenters. The lowest BCUT2D eigenvalue weighted by atomic mass is 9.97. The van der Waals surface area contributed by atoms with E-state index in [9.17, 15) is 18.0 Å². The number of amides is 1. The zero-order valence-electron chi connectivity index (χ0n) is 8.70. The second-order valence-electron chi connectivity index (χ2n) is 3.93. The van der Waals surface area contributed by atoms with Crippen molar-refractivity contribution < 1.29 is 23.1 Å². The normalized spacial score (nSPS) is 26.2. The second-order valence-corrected chi connectivity index (χ2v) is 3.93. The van der Waals surface area contributed by atoms with Crippen LogP contribution in [0.1, 0.15) is 6.42 Å². The molecule has 0 aliphatic carbocycles. The number of aliphatic hydroxyl groups excluding tert-OH is 1. The monoisotopic (exact) mass is 240 g/mol. The molecule has 3 N–H and O–H groups in total. The van der Waals surface area contributed by atoms with Crippen LogP contribution in [0.2, 0.25) is 0 Å². The van der Waals surface area contributed by atoms with E-state index in [1.807, 2.05) is 0 Å². The van der Waals surface area contributed by atoms with Crippen LogP contribution in [0, 0.1) is 11.8 Å². The molecule has 94 valence electrons. The predicted molar refractivity (Wildman–Crippen MR) is 50.4 cm³/mol. The van der Waals surface area contributed by atoms with Crippen molar-refractivity contribution >= 4 is 5.91 Å². The molecule has 1 fully saturated rings. The van der Waals surface area contributed by atoms with Crippen molar-refractivity contribution in [1.29, 1.82) is 0 Å². The third-order valence-electron chi connectivity index (χ3n) is 2.81. The summed E-state index contributed by atoms with van der Waals surface area (Å²) in [5, 5.41) is 8.87. The molecule has 0 unspecified atom stereocenters. The number of hydrogen-bond donors (Lipinski definition) is 2. The number of nitrogens with two attached hydrogens (primary N) is 1. The summed E-state index contributed by atoms with van der Waals surface area (Å²) in [5.41, 5.74) is 5.17. The highest BCUT2D eigenvalue weighted by molar-refractivity contribution is 5.76. The van der Waals surface area contributed by atoms with E-state index >= 15 is 0 Å². The van der Waals surface area contributed by atoms with Crippen LogP contribution in [0.5, 0.6) is 0 Å². The average Bonchev–Trinajstić information content (AvgIpc) is 2.61. The zero-order valence-corrected chi connectivity index (χ0v) is 8.70. The van der Waals surface area contributed by atoms with Crippen LogP contribution in [-0.2, 0) is 4.79 Å². The van der Waals surface area contributed by atoms with Crippen LogP contribution < -0.4 is 5.73 Å². The number of rotatable bonds is 3. The summed E-state index contributed by atoms with van der Waals surface area (Å²) < 4.78 is 37.6. The summed E-state index contributed by atoms with van der Waals surface area (Å²) in [6.45, 7) is -0.848. The molecule has 0 spiro atoms. The Morgan fingerprint density at radius 2 is 2.06 bits per heavy atom. The number of alkyl halides is 3. The molecule has 0 bridgehead atoms. The largest absolute Gasteiger partial charge is 0.396 e. The molecule has 1 aliphatic rings. The van der Waals surface area contributed by atoms with E-state index in [2.05, 4.69) is 0 Å². The molecule has 1 amide bonds. The summed E-state index contributed by atoms with van der Waals surface area (Å²) in [6.07, 6.45) is -4.33. The quantitative estimate of drug-likeness (QED) is 0.727. The fourth-order valence-electron chi connectivity index (χ4n) is 1.91. The predicted octanol–water partition coefficient (Wildman–Crippen LogP) is -0.0356. The first-order chi connectivity index (χ1) is 7.40. The van der Waals surface area contributed by atoms with Gasteiger partial charge in [0.05, 0.1) is 5.92 Å². The Morgan fingerprint density at radius 3 is 2.44 bits per heavy atom. The summed E-state index contributed by atoms with van der Waals surface area (Å²) in [4.78, 5) is 12.5. The van der Waals surface area contributed by atoms with Crippen LogP contribution >= 0.6 is 0 Å². The molecular weight excluding hydrogens is 225 g/mol.